The number of hydrogen-bond donors (Lipinski definition) is 2. The SMILES string of the molecule is O=S(=O)(N[C@H](CO)C1CCCC1)c1ccc(Cl)s1. The summed E-state index contributed by atoms with van der Waals surface area (Å²) in [6.07, 6.45) is 4.15. The molecule has 0 spiro atoms. The largest absolute Gasteiger partial charge is 0.395 e. The molecule has 1 aromatic rings. The molecule has 0 unspecified atom stereocenters. The Labute approximate surface area is 116 Å². The Morgan fingerprint density at radius 3 is 2.61 bits per heavy atom. The standard InChI is InChI=1S/C11H16ClNO3S2/c12-10-5-6-11(17-10)18(15,16)13-9(7-14)8-3-1-2-4-8/h5-6,8-9,13-14H,1-4,7H2/t9-/m1/s1. The summed E-state index contributed by atoms with van der Waals surface area (Å²) in [7, 11) is -3.56. The maximum Gasteiger partial charge on any atom is 0.250 e. The zero-order valence-electron chi connectivity index (χ0n) is 9.80. The summed E-state index contributed by atoms with van der Waals surface area (Å²) < 4.78 is 27.4. The molecule has 0 radical (unpaired) electrons. The van der Waals surface area contributed by atoms with E-state index < -0.39 is 16.1 Å². The van der Waals surface area contributed by atoms with Crippen LogP contribution in [0.15, 0.2) is 16.3 Å². The summed E-state index contributed by atoms with van der Waals surface area (Å²) in [6, 6.07) is 2.65. The molecule has 1 aliphatic rings. The number of hydrogen-bond acceptors (Lipinski definition) is 4. The van der Waals surface area contributed by atoms with Gasteiger partial charge < -0.3 is 5.11 Å². The van der Waals surface area contributed by atoms with Gasteiger partial charge in [-0.05, 0) is 30.9 Å². The second-order valence-electron chi connectivity index (χ2n) is 4.51. The second kappa shape index (κ2) is 5.88. The van der Waals surface area contributed by atoms with Gasteiger partial charge in [0.15, 0.2) is 0 Å². The van der Waals surface area contributed by atoms with Gasteiger partial charge in [0, 0.05) is 6.04 Å². The van der Waals surface area contributed by atoms with Gasteiger partial charge in [-0.25, -0.2) is 13.1 Å². The van der Waals surface area contributed by atoms with Crippen LogP contribution >= 0.6 is 22.9 Å². The quantitative estimate of drug-likeness (QED) is 0.876. The number of aliphatic hydroxyl groups excluding tert-OH is 1. The van der Waals surface area contributed by atoms with Crippen molar-refractivity contribution in [1.29, 1.82) is 0 Å². The lowest BCUT2D eigenvalue weighted by atomic mass is 10.0. The van der Waals surface area contributed by atoms with E-state index in [1.54, 1.807) is 6.07 Å². The van der Waals surface area contributed by atoms with Crippen molar-refractivity contribution in [3.8, 4) is 0 Å². The lowest BCUT2D eigenvalue weighted by Gasteiger charge is -2.21. The van der Waals surface area contributed by atoms with Gasteiger partial charge >= 0.3 is 0 Å². The highest BCUT2D eigenvalue weighted by Crippen LogP contribution is 2.30. The van der Waals surface area contributed by atoms with Gasteiger partial charge in [0.05, 0.1) is 10.9 Å². The zero-order chi connectivity index (χ0) is 13.2. The van der Waals surface area contributed by atoms with Crippen LogP contribution in [0.4, 0.5) is 0 Å². The summed E-state index contributed by atoms with van der Waals surface area (Å²) in [5.74, 6) is 0.236. The van der Waals surface area contributed by atoms with E-state index in [1.165, 1.54) is 6.07 Å². The maximum absolute atomic E-state index is 12.1. The van der Waals surface area contributed by atoms with Crippen LogP contribution in [0.25, 0.3) is 0 Å². The van der Waals surface area contributed by atoms with E-state index in [0.29, 0.717) is 4.34 Å². The fraction of sp³-hybridized carbons (Fsp3) is 0.636. The molecule has 0 aliphatic heterocycles. The fourth-order valence-electron chi connectivity index (χ4n) is 2.34. The molecule has 0 amide bonds. The Kier molecular flexibility index (Phi) is 4.66. The number of rotatable bonds is 5. The van der Waals surface area contributed by atoms with Gasteiger partial charge in [0.2, 0.25) is 10.0 Å². The van der Waals surface area contributed by atoms with E-state index >= 15 is 0 Å². The Hall–Kier alpha value is -0.140. The zero-order valence-corrected chi connectivity index (χ0v) is 12.2. The number of aliphatic hydroxyl groups is 1. The molecule has 1 aromatic heterocycles. The van der Waals surface area contributed by atoms with E-state index in [9.17, 15) is 13.5 Å². The van der Waals surface area contributed by atoms with Gasteiger partial charge in [0.1, 0.15) is 4.21 Å². The molecule has 0 saturated heterocycles. The Bertz CT molecular complexity index is 494. The monoisotopic (exact) mass is 309 g/mol. The molecule has 1 heterocycles. The molecule has 2 N–H and O–H groups in total. The summed E-state index contributed by atoms with van der Waals surface area (Å²) in [4.78, 5) is 0. The number of thiophene rings is 1. The molecular weight excluding hydrogens is 294 g/mol. The third-order valence-corrected chi connectivity index (χ3v) is 6.50. The van der Waals surface area contributed by atoms with Crippen LogP contribution in [0.3, 0.4) is 0 Å². The highest BCUT2D eigenvalue weighted by molar-refractivity contribution is 7.91. The minimum Gasteiger partial charge on any atom is -0.395 e. The van der Waals surface area contributed by atoms with Gasteiger partial charge in [-0.15, -0.1) is 11.3 Å². The summed E-state index contributed by atoms with van der Waals surface area (Å²) >= 11 is 6.76. The first-order chi connectivity index (χ1) is 8.53. The van der Waals surface area contributed by atoms with E-state index in [4.69, 9.17) is 11.6 Å². The minimum absolute atomic E-state index is 0.164. The first-order valence-electron chi connectivity index (χ1n) is 5.91. The maximum atomic E-state index is 12.1. The molecule has 1 fully saturated rings. The predicted molar refractivity (Wildman–Crippen MR) is 72.5 cm³/mol. The topological polar surface area (TPSA) is 66.4 Å². The third-order valence-electron chi connectivity index (χ3n) is 3.29. The lowest BCUT2D eigenvalue weighted by Crippen LogP contribution is -2.41. The lowest BCUT2D eigenvalue weighted by molar-refractivity contribution is 0.216. The van der Waals surface area contributed by atoms with Crippen LogP contribution in [-0.2, 0) is 10.0 Å². The smallest absolute Gasteiger partial charge is 0.250 e. The average molecular weight is 310 g/mol. The van der Waals surface area contributed by atoms with Crippen LogP contribution in [0, 0.1) is 5.92 Å². The summed E-state index contributed by atoms with van der Waals surface area (Å²) in [5, 5.41) is 9.35. The molecule has 102 valence electrons. The molecule has 18 heavy (non-hydrogen) atoms. The van der Waals surface area contributed by atoms with E-state index in [1.807, 2.05) is 0 Å². The van der Waals surface area contributed by atoms with Crippen molar-refractivity contribution >= 4 is 33.0 Å². The van der Waals surface area contributed by atoms with Crippen molar-refractivity contribution in [2.75, 3.05) is 6.61 Å². The number of nitrogens with one attached hydrogen (secondary N) is 1. The van der Waals surface area contributed by atoms with Gasteiger partial charge in [0.25, 0.3) is 0 Å². The molecule has 1 atom stereocenters. The molecule has 7 heteroatoms. The van der Waals surface area contributed by atoms with Gasteiger partial charge in [-0.1, -0.05) is 24.4 Å². The van der Waals surface area contributed by atoms with E-state index in [0.717, 1.165) is 37.0 Å². The molecule has 1 aliphatic carbocycles. The van der Waals surface area contributed by atoms with Crippen LogP contribution in [0.2, 0.25) is 4.34 Å². The van der Waals surface area contributed by atoms with Crippen LogP contribution in [-0.4, -0.2) is 26.2 Å². The van der Waals surface area contributed by atoms with Gasteiger partial charge in [-0.2, -0.15) is 0 Å². The van der Waals surface area contributed by atoms with E-state index in [-0.39, 0.29) is 16.7 Å². The van der Waals surface area contributed by atoms with Crippen LogP contribution < -0.4 is 4.72 Å². The predicted octanol–water partition coefficient (Wildman–Crippen LogP) is 2.23. The molecule has 4 nitrogen and oxygen atoms in total. The molecule has 0 aromatic carbocycles. The molecule has 0 bridgehead atoms. The van der Waals surface area contributed by atoms with Crippen LogP contribution in [0.5, 0.6) is 0 Å². The molecular formula is C11H16ClNO3S2. The Morgan fingerprint density at radius 2 is 2.11 bits per heavy atom. The van der Waals surface area contributed by atoms with Crippen molar-refractivity contribution in [2.45, 2.75) is 35.9 Å². The number of halogens is 1. The van der Waals surface area contributed by atoms with Crippen molar-refractivity contribution in [1.82, 2.24) is 4.72 Å². The Balaban J connectivity index is 2.10. The fourth-order valence-corrected chi connectivity index (χ4v) is 5.14. The minimum atomic E-state index is -3.56. The highest BCUT2D eigenvalue weighted by Gasteiger charge is 2.29. The first kappa shape index (κ1) is 14.3. The normalized spacial score (nSPS) is 19.2. The van der Waals surface area contributed by atoms with Crippen molar-refractivity contribution < 1.29 is 13.5 Å². The Morgan fingerprint density at radius 1 is 1.44 bits per heavy atom. The second-order valence-corrected chi connectivity index (χ2v) is 8.17. The highest BCUT2D eigenvalue weighted by atomic mass is 35.5. The third kappa shape index (κ3) is 3.24. The molecule has 2 rings (SSSR count). The number of sulfonamides is 1. The van der Waals surface area contributed by atoms with Crippen molar-refractivity contribution in [2.24, 2.45) is 5.92 Å². The first-order valence-corrected chi connectivity index (χ1v) is 8.59. The van der Waals surface area contributed by atoms with Crippen molar-refractivity contribution in [3.63, 3.8) is 0 Å². The van der Waals surface area contributed by atoms with Gasteiger partial charge in [-0.3, -0.25) is 0 Å². The van der Waals surface area contributed by atoms with Crippen molar-refractivity contribution in [3.05, 3.63) is 16.5 Å². The average Bonchev–Trinajstić information content (AvgIpc) is 2.96. The summed E-state index contributed by atoms with van der Waals surface area (Å²) in [6.45, 7) is -0.164. The summed E-state index contributed by atoms with van der Waals surface area (Å²) in [5.41, 5.74) is 0. The van der Waals surface area contributed by atoms with E-state index in [2.05, 4.69) is 4.72 Å². The van der Waals surface area contributed by atoms with Crippen LogP contribution in [0.1, 0.15) is 25.7 Å². The molecule has 1 saturated carbocycles.